The highest BCUT2D eigenvalue weighted by atomic mass is 32.1. The lowest BCUT2D eigenvalue weighted by Gasteiger charge is -2.06. The van der Waals surface area contributed by atoms with Crippen LogP contribution in [0.25, 0.3) is 21.9 Å². The first kappa shape index (κ1) is 18.1. The maximum absolute atomic E-state index is 13.1. The van der Waals surface area contributed by atoms with Crippen LogP contribution in [0.3, 0.4) is 0 Å². The van der Waals surface area contributed by atoms with Crippen molar-refractivity contribution in [2.75, 3.05) is 0 Å². The number of hydrogen-bond acceptors (Lipinski definition) is 6. The summed E-state index contributed by atoms with van der Waals surface area (Å²) >= 11 is 1.91. The zero-order valence-electron chi connectivity index (χ0n) is 13.2. The molecule has 26 heavy (non-hydrogen) atoms. The standard InChI is InChI=1S/C17H10F3N3OS2/c1-9-22-15(17(18,19)20)14(26-9)13(24)11(7-21)12-8-25-16(23-12)10-5-3-2-4-6-10/h2-6,8,24H,1H3/b13-11-. The Hall–Kier alpha value is -2.70. The second-order valence-corrected chi connectivity index (χ2v) is 7.21. The highest BCUT2D eigenvalue weighted by Gasteiger charge is 2.39. The predicted octanol–water partition coefficient (Wildman–Crippen LogP) is 5.54. The fourth-order valence-electron chi connectivity index (χ4n) is 2.23. The molecule has 2 aromatic heterocycles. The average molecular weight is 393 g/mol. The summed E-state index contributed by atoms with van der Waals surface area (Å²) in [5.74, 6) is -0.768. The highest BCUT2D eigenvalue weighted by molar-refractivity contribution is 7.13. The van der Waals surface area contributed by atoms with E-state index < -0.39 is 22.5 Å². The molecular weight excluding hydrogens is 383 g/mol. The number of alkyl halides is 3. The number of aromatic nitrogens is 2. The molecule has 0 aliphatic heterocycles. The van der Waals surface area contributed by atoms with Gasteiger partial charge in [-0.2, -0.15) is 18.4 Å². The smallest absolute Gasteiger partial charge is 0.434 e. The molecular formula is C17H10F3N3OS2. The molecule has 0 aliphatic carbocycles. The Balaban J connectivity index is 2.10. The number of halogens is 3. The molecule has 1 N–H and O–H groups in total. The lowest BCUT2D eigenvalue weighted by Crippen LogP contribution is -2.08. The fourth-order valence-corrected chi connectivity index (χ4v) is 3.93. The van der Waals surface area contributed by atoms with Crippen LogP contribution in [0.4, 0.5) is 13.2 Å². The Morgan fingerprint density at radius 2 is 1.88 bits per heavy atom. The molecule has 9 heteroatoms. The summed E-state index contributed by atoms with van der Waals surface area (Å²) in [5.41, 5.74) is -0.598. The van der Waals surface area contributed by atoms with Crippen molar-refractivity contribution in [1.82, 2.24) is 9.97 Å². The minimum absolute atomic E-state index is 0.119. The van der Waals surface area contributed by atoms with Crippen molar-refractivity contribution < 1.29 is 18.3 Å². The zero-order valence-corrected chi connectivity index (χ0v) is 14.8. The van der Waals surface area contributed by atoms with E-state index in [-0.39, 0.29) is 16.3 Å². The van der Waals surface area contributed by atoms with E-state index in [9.17, 15) is 23.5 Å². The van der Waals surface area contributed by atoms with Crippen LogP contribution in [0.15, 0.2) is 35.7 Å². The van der Waals surface area contributed by atoms with E-state index in [0.717, 1.165) is 5.56 Å². The molecule has 0 atom stereocenters. The van der Waals surface area contributed by atoms with Gasteiger partial charge in [0.2, 0.25) is 0 Å². The number of rotatable bonds is 3. The van der Waals surface area contributed by atoms with Gasteiger partial charge in [-0.25, -0.2) is 9.97 Å². The van der Waals surface area contributed by atoms with Gasteiger partial charge >= 0.3 is 6.18 Å². The maximum Gasteiger partial charge on any atom is 0.434 e. The van der Waals surface area contributed by atoms with Gasteiger partial charge in [0.15, 0.2) is 11.5 Å². The van der Waals surface area contributed by atoms with Gasteiger partial charge in [-0.3, -0.25) is 0 Å². The largest absolute Gasteiger partial charge is 0.505 e. The normalized spacial score (nSPS) is 12.6. The molecule has 0 saturated carbocycles. The van der Waals surface area contributed by atoms with Crippen LogP contribution in [-0.4, -0.2) is 15.1 Å². The van der Waals surface area contributed by atoms with Crippen LogP contribution in [0.1, 0.15) is 21.3 Å². The number of aliphatic hydroxyl groups is 1. The molecule has 0 amide bonds. The summed E-state index contributed by atoms with van der Waals surface area (Å²) in [6.45, 7) is 1.40. The van der Waals surface area contributed by atoms with Gasteiger partial charge in [-0.05, 0) is 6.92 Å². The summed E-state index contributed by atoms with van der Waals surface area (Å²) in [6.07, 6.45) is -4.73. The van der Waals surface area contributed by atoms with E-state index in [1.165, 1.54) is 23.6 Å². The minimum atomic E-state index is -4.73. The third-order valence-corrected chi connectivity index (χ3v) is 5.22. The molecule has 0 radical (unpaired) electrons. The van der Waals surface area contributed by atoms with Crippen molar-refractivity contribution in [2.45, 2.75) is 13.1 Å². The molecule has 0 unspecified atom stereocenters. The quantitative estimate of drug-likeness (QED) is 0.468. The minimum Gasteiger partial charge on any atom is -0.505 e. The molecule has 1 aromatic carbocycles. The molecule has 0 bridgehead atoms. The molecule has 0 spiro atoms. The Kier molecular flexibility index (Phi) is 4.80. The average Bonchev–Trinajstić information content (AvgIpc) is 3.23. The van der Waals surface area contributed by atoms with Crippen molar-refractivity contribution in [2.24, 2.45) is 0 Å². The maximum atomic E-state index is 13.1. The van der Waals surface area contributed by atoms with Crippen LogP contribution in [-0.2, 0) is 6.18 Å². The first-order chi connectivity index (χ1) is 12.3. The number of nitriles is 1. The number of hydrogen-bond donors (Lipinski definition) is 1. The third kappa shape index (κ3) is 3.47. The molecule has 3 rings (SSSR count). The van der Waals surface area contributed by atoms with Crippen LogP contribution in [0.5, 0.6) is 0 Å². The van der Waals surface area contributed by atoms with Crippen LogP contribution in [0, 0.1) is 18.3 Å². The van der Waals surface area contributed by atoms with Gasteiger partial charge in [0, 0.05) is 10.9 Å². The zero-order chi connectivity index (χ0) is 18.9. The van der Waals surface area contributed by atoms with Crippen LogP contribution in [0.2, 0.25) is 0 Å². The van der Waals surface area contributed by atoms with Gasteiger partial charge < -0.3 is 5.11 Å². The number of allylic oxidation sites excluding steroid dienone is 1. The van der Waals surface area contributed by atoms with Crippen molar-refractivity contribution >= 4 is 34.0 Å². The van der Waals surface area contributed by atoms with E-state index in [1.807, 2.05) is 30.3 Å². The summed E-state index contributed by atoms with van der Waals surface area (Å²) < 4.78 is 39.4. The van der Waals surface area contributed by atoms with Gasteiger partial charge in [0.05, 0.1) is 10.7 Å². The van der Waals surface area contributed by atoms with E-state index in [1.54, 1.807) is 6.07 Å². The molecule has 4 nitrogen and oxygen atoms in total. The van der Waals surface area contributed by atoms with Crippen LogP contribution >= 0.6 is 22.7 Å². The van der Waals surface area contributed by atoms with Crippen molar-refractivity contribution in [3.05, 3.63) is 57.0 Å². The van der Waals surface area contributed by atoms with Gasteiger partial charge in [0.1, 0.15) is 21.5 Å². The summed E-state index contributed by atoms with van der Waals surface area (Å²) in [4.78, 5) is 7.23. The fraction of sp³-hybridized carbons (Fsp3) is 0.118. The number of nitrogens with zero attached hydrogens (tertiary/aromatic N) is 3. The second kappa shape index (κ2) is 6.90. The van der Waals surface area contributed by atoms with Crippen molar-refractivity contribution in [3.8, 4) is 16.6 Å². The van der Waals surface area contributed by atoms with Crippen molar-refractivity contribution in [1.29, 1.82) is 5.26 Å². The Morgan fingerprint density at radius 3 is 2.50 bits per heavy atom. The summed E-state index contributed by atoms with van der Waals surface area (Å²) in [6, 6.07) is 10.9. The molecule has 0 aliphatic rings. The van der Waals surface area contributed by atoms with Gasteiger partial charge in [-0.1, -0.05) is 30.3 Å². The molecule has 0 saturated heterocycles. The first-order valence-electron chi connectivity index (χ1n) is 7.21. The topological polar surface area (TPSA) is 69.8 Å². The van der Waals surface area contributed by atoms with E-state index >= 15 is 0 Å². The monoisotopic (exact) mass is 393 g/mol. The molecule has 2 heterocycles. The molecule has 132 valence electrons. The Morgan fingerprint density at radius 1 is 1.19 bits per heavy atom. The SMILES string of the molecule is Cc1nc(C(F)(F)F)c(/C(O)=C(\C#N)c2csc(-c3ccccc3)n2)s1. The second-order valence-electron chi connectivity index (χ2n) is 5.15. The third-order valence-electron chi connectivity index (χ3n) is 3.35. The van der Waals surface area contributed by atoms with Crippen molar-refractivity contribution in [3.63, 3.8) is 0 Å². The predicted molar refractivity (Wildman–Crippen MR) is 94.5 cm³/mol. The highest BCUT2D eigenvalue weighted by Crippen LogP contribution is 2.39. The number of thiazole rings is 2. The van der Waals surface area contributed by atoms with E-state index in [0.29, 0.717) is 16.3 Å². The lowest BCUT2D eigenvalue weighted by atomic mass is 10.1. The van der Waals surface area contributed by atoms with E-state index in [4.69, 9.17) is 0 Å². The lowest BCUT2D eigenvalue weighted by molar-refractivity contribution is -0.141. The molecule has 3 aromatic rings. The molecule has 0 fully saturated rings. The summed E-state index contributed by atoms with van der Waals surface area (Å²) in [5, 5.41) is 22.0. The number of aliphatic hydroxyl groups excluding tert-OH is 1. The van der Waals surface area contributed by atoms with Crippen LogP contribution < -0.4 is 0 Å². The Bertz CT molecular complexity index is 1010. The Labute approximate surface area is 154 Å². The summed E-state index contributed by atoms with van der Waals surface area (Å²) in [7, 11) is 0. The van der Waals surface area contributed by atoms with Gasteiger partial charge in [0.25, 0.3) is 0 Å². The first-order valence-corrected chi connectivity index (χ1v) is 8.90. The number of aryl methyl sites for hydroxylation is 1. The number of benzene rings is 1. The van der Waals surface area contributed by atoms with E-state index in [2.05, 4.69) is 9.97 Å². The van der Waals surface area contributed by atoms with Gasteiger partial charge in [-0.15, -0.1) is 22.7 Å².